The van der Waals surface area contributed by atoms with E-state index in [0.717, 1.165) is 0 Å². The second kappa shape index (κ2) is 4.57. The Kier molecular flexibility index (Phi) is 3.12. The lowest BCUT2D eigenvalue weighted by molar-refractivity contribution is -0.141. The molecule has 1 aromatic heterocycles. The lowest BCUT2D eigenvalue weighted by Crippen LogP contribution is -2.33. The number of hydrogen-bond acceptors (Lipinski definition) is 4. The van der Waals surface area contributed by atoms with Gasteiger partial charge in [0.15, 0.2) is 6.39 Å². The number of carbonyl (C=O) groups excluding carboxylic acids is 1. The molecule has 2 rings (SSSR count). The maximum atomic E-state index is 11.8. The molecule has 2 N–H and O–H groups in total. The van der Waals surface area contributed by atoms with Gasteiger partial charge in [-0.15, -0.1) is 0 Å². The number of rotatable bonds is 3. The van der Waals surface area contributed by atoms with Crippen LogP contribution in [0.4, 0.5) is 0 Å². The van der Waals surface area contributed by atoms with E-state index in [2.05, 4.69) is 10.3 Å². The zero-order valence-electron chi connectivity index (χ0n) is 9.47. The van der Waals surface area contributed by atoms with Gasteiger partial charge in [0.1, 0.15) is 0 Å². The van der Waals surface area contributed by atoms with Crippen molar-refractivity contribution in [1.29, 1.82) is 0 Å². The van der Waals surface area contributed by atoms with E-state index in [1.807, 2.05) is 0 Å². The fraction of sp³-hybridized carbons (Fsp3) is 0.545. The number of nitrogens with zero attached hydrogens (tertiary/aromatic N) is 1. The van der Waals surface area contributed by atoms with E-state index in [4.69, 9.17) is 9.52 Å². The first-order chi connectivity index (χ1) is 8.08. The third kappa shape index (κ3) is 2.46. The normalized spacial score (nSPS) is 23.6. The number of amides is 1. The summed E-state index contributed by atoms with van der Waals surface area (Å²) in [6.45, 7) is 1.69. The predicted octanol–water partition coefficient (Wildman–Crippen LogP) is 0.966. The summed E-state index contributed by atoms with van der Waals surface area (Å²) < 4.78 is 4.97. The van der Waals surface area contributed by atoms with Gasteiger partial charge in [-0.25, -0.2) is 4.98 Å². The van der Waals surface area contributed by atoms with Crippen LogP contribution in [0.25, 0.3) is 0 Å². The molecule has 1 amide bonds. The van der Waals surface area contributed by atoms with Gasteiger partial charge in [-0.1, -0.05) is 0 Å². The van der Waals surface area contributed by atoms with E-state index in [9.17, 15) is 9.59 Å². The zero-order valence-corrected chi connectivity index (χ0v) is 9.47. The third-order valence-electron chi connectivity index (χ3n) is 3.07. The second-order valence-electron chi connectivity index (χ2n) is 4.29. The minimum Gasteiger partial charge on any atom is -0.481 e. The molecule has 1 heterocycles. The molecule has 0 aliphatic heterocycles. The van der Waals surface area contributed by atoms with Gasteiger partial charge in [0.25, 0.3) is 5.91 Å². The van der Waals surface area contributed by atoms with E-state index in [1.54, 1.807) is 6.92 Å². The van der Waals surface area contributed by atoms with Crippen LogP contribution in [0.2, 0.25) is 0 Å². The van der Waals surface area contributed by atoms with Gasteiger partial charge in [-0.2, -0.15) is 0 Å². The van der Waals surface area contributed by atoms with Gasteiger partial charge in [0, 0.05) is 6.04 Å². The Bertz CT molecular complexity index is 440. The Morgan fingerprint density at radius 1 is 1.53 bits per heavy atom. The SMILES string of the molecule is Cc1ncoc1C(=O)NC1CCC(C(=O)O)C1. The third-order valence-corrected chi connectivity index (χ3v) is 3.07. The lowest BCUT2D eigenvalue weighted by Gasteiger charge is -2.10. The molecule has 0 saturated heterocycles. The van der Waals surface area contributed by atoms with Gasteiger partial charge in [-0.3, -0.25) is 9.59 Å². The van der Waals surface area contributed by atoms with Gasteiger partial charge in [0.2, 0.25) is 5.76 Å². The Labute approximate surface area is 98.0 Å². The summed E-state index contributed by atoms with van der Waals surface area (Å²) in [5, 5.41) is 11.6. The van der Waals surface area contributed by atoms with Crippen LogP contribution in [0.3, 0.4) is 0 Å². The van der Waals surface area contributed by atoms with Crippen LogP contribution in [-0.2, 0) is 4.79 Å². The molecule has 6 nitrogen and oxygen atoms in total. The number of nitrogens with one attached hydrogen (secondary N) is 1. The number of hydrogen-bond donors (Lipinski definition) is 2. The summed E-state index contributed by atoms with van der Waals surface area (Å²) in [4.78, 5) is 26.4. The molecule has 2 atom stereocenters. The average molecular weight is 238 g/mol. The summed E-state index contributed by atoms with van der Waals surface area (Å²) in [5.74, 6) is -1.27. The molecule has 92 valence electrons. The predicted molar refractivity (Wildman–Crippen MR) is 57.5 cm³/mol. The lowest BCUT2D eigenvalue weighted by atomic mass is 10.1. The van der Waals surface area contributed by atoms with Crippen molar-refractivity contribution in [2.24, 2.45) is 5.92 Å². The molecule has 0 spiro atoms. The summed E-state index contributed by atoms with van der Waals surface area (Å²) in [5.41, 5.74) is 0.537. The van der Waals surface area contributed by atoms with Gasteiger partial charge in [0.05, 0.1) is 11.6 Å². The van der Waals surface area contributed by atoms with Crippen molar-refractivity contribution in [1.82, 2.24) is 10.3 Å². The molecule has 17 heavy (non-hydrogen) atoms. The van der Waals surface area contributed by atoms with Crippen molar-refractivity contribution >= 4 is 11.9 Å². The summed E-state index contributed by atoms with van der Waals surface area (Å²) in [6.07, 6.45) is 3.00. The molecule has 2 unspecified atom stereocenters. The van der Waals surface area contributed by atoms with E-state index >= 15 is 0 Å². The van der Waals surface area contributed by atoms with E-state index < -0.39 is 5.97 Å². The monoisotopic (exact) mass is 238 g/mol. The molecule has 1 saturated carbocycles. The molecular weight excluding hydrogens is 224 g/mol. The number of carboxylic acids is 1. The highest BCUT2D eigenvalue weighted by molar-refractivity contribution is 5.92. The highest BCUT2D eigenvalue weighted by Crippen LogP contribution is 2.25. The fourth-order valence-corrected chi connectivity index (χ4v) is 2.11. The molecule has 0 aromatic carbocycles. The van der Waals surface area contributed by atoms with Crippen molar-refractivity contribution in [2.45, 2.75) is 32.2 Å². The maximum Gasteiger partial charge on any atom is 0.306 e. The largest absolute Gasteiger partial charge is 0.481 e. The Hall–Kier alpha value is -1.85. The van der Waals surface area contributed by atoms with Crippen molar-refractivity contribution in [3.05, 3.63) is 17.8 Å². The van der Waals surface area contributed by atoms with Crippen molar-refractivity contribution in [3.63, 3.8) is 0 Å². The van der Waals surface area contributed by atoms with Crippen molar-refractivity contribution in [3.8, 4) is 0 Å². The number of aryl methyl sites for hydroxylation is 1. The van der Waals surface area contributed by atoms with E-state index in [-0.39, 0.29) is 23.6 Å². The molecule has 0 radical (unpaired) electrons. The van der Waals surface area contributed by atoms with Crippen LogP contribution in [0.1, 0.15) is 35.5 Å². The van der Waals surface area contributed by atoms with Gasteiger partial charge < -0.3 is 14.8 Å². The number of carbonyl (C=O) groups is 2. The smallest absolute Gasteiger partial charge is 0.306 e. The Morgan fingerprint density at radius 3 is 2.82 bits per heavy atom. The number of aliphatic carboxylic acids is 1. The van der Waals surface area contributed by atoms with Crippen LogP contribution in [-0.4, -0.2) is 28.0 Å². The maximum absolute atomic E-state index is 11.8. The molecule has 6 heteroatoms. The first-order valence-electron chi connectivity index (χ1n) is 5.51. The van der Waals surface area contributed by atoms with Gasteiger partial charge in [-0.05, 0) is 26.2 Å². The number of carboxylic acid groups (broad SMARTS) is 1. The molecule has 1 aliphatic rings. The molecular formula is C11H14N2O4. The zero-order chi connectivity index (χ0) is 12.4. The minimum atomic E-state index is -0.794. The Morgan fingerprint density at radius 2 is 2.29 bits per heavy atom. The number of aromatic nitrogens is 1. The van der Waals surface area contributed by atoms with E-state index in [1.165, 1.54) is 6.39 Å². The standard InChI is InChI=1S/C11H14N2O4/c1-6-9(17-5-12-6)10(14)13-8-3-2-7(4-8)11(15)16/h5,7-8H,2-4H2,1H3,(H,13,14)(H,15,16). The molecule has 1 aromatic rings. The summed E-state index contributed by atoms with van der Waals surface area (Å²) >= 11 is 0. The highest BCUT2D eigenvalue weighted by atomic mass is 16.4. The van der Waals surface area contributed by atoms with Crippen molar-refractivity contribution < 1.29 is 19.1 Å². The van der Waals surface area contributed by atoms with Crippen molar-refractivity contribution in [2.75, 3.05) is 0 Å². The van der Waals surface area contributed by atoms with Crippen LogP contribution in [0, 0.1) is 12.8 Å². The minimum absolute atomic E-state index is 0.0897. The highest BCUT2D eigenvalue weighted by Gasteiger charge is 2.31. The first kappa shape index (κ1) is 11.6. The average Bonchev–Trinajstić information content (AvgIpc) is 2.86. The van der Waals surface area contributed by atoms with Crippen LogP contribution < -0.4 is 5.32 Å². The van der Waals surface area contributed by atoms with E-state index in [0.29, 0.717) is 25.0 Å². The van der Waals surface area contributed by atoms with Crippen LogP contribution >= 0.6 is 0 Å². The topological polar surface area (TPSA) is 92.4 Å². The fourth-order valence-electron chi connectivity index (χ4n) is 2.11. The molecule has 1 fully saturated rings. The van der Waals surface area contributed by atoms with Crippen LogP contribution in [0.15, 0.2) is 10.8 Å². The molecule has 0 bridgehead atoms. The van der Waals surface area contributed by atoms with Crippen LogP contribution in [0.5, 0.6) is 0 Å². The summed E-state index contributed by atoms with van der Waals surface area (Å²) in [7, 11) is 0. The van der Waals surface area contributed by atoms with Gasteiger partial charge >= 0.3 is 5.97 Å². The Balaban J connectivity index is 1.93. The first-order valence-corrected chi connectivity index (χ1v) is 5.51. The summed E-state index contributed by atoms with van der Waals surface area (Å²) in [6, 6.07) is -0.0897. The molecule has 1 aliphatic carbocycles. The quantitative estimate of drug-likeness (QED) is 0.818. The second-order valence-corrected chi connectivity index (χ2v) is 4.29. The number of oxazole rings is 1.